The molecule has 1 aromatic heterocycles. The summed E-state index contributed by atoms with van der Waals surface area (Å²) in [6, 6.07) is 10.5. The number of amides is 1. The molecule has 2 rings (SSSR count). The molecule has 1 heterocycles. The number of ether oxygens (including phenoxy) is 1. The van der Waals surface area contributed by atoms with Crippen LogP contribution in [0.15, 0.2) is 47.1 Å². The van der Waals surface area contributed by atoms with Gasteiger partial charge in [0.05, 0.1) is 31.5 Å². The Morgan fingerprint density at radius 1 is 1.22 bits per heavy atom. The summed E-state index contributed by atoms with van der Waals surface area (Å²) >= 11 is 0. The van der Waals surface area contributed by atoms with Crippen molar-refractivity contribution < 1.29 is 18.7 Å². The van der Waals surface area contributed by atoms with Crippen LogP contribution in [-0.2, 0) is 16.1 Å². The first kappa shape index (κ1) is 16.8. The first-order valence-electron chi connectivity index (χ1n) is 7.31. The molecule has 1 amide bonds. The number of nitrogens with one attached hydrogen (secondary N) is 2. The Morgan fingerprint density at radius 2 is 1.96 bits per heavy atom. The molecule has 23 heavy (non-hydrogen) atoms. The average molecular weight is 316 g/mol. The van der Waals surface area contributed by atoms with E-state index in [9.17, 15) is 9.59 Å². The minimum absolute atomic E-state index is 0.0323. The van der Waals surface area contributed by atoms with Gasteiger partial charge < -0.3 is 14.5 Å². The highest BCUT2D eigenvalue weighted by molar-refractivity contribution is 5.89. The van der Waals surface area contributed by atoms with Crippen molar-refractivity contribution >= 4 is 11.9 Å². The van der Waals surface area contributed by atoms with Crippen molar-refractivity contribution in [2.45, 2.75) is 19.5 Å². The second kappa shape index (κ2) is 8.14. The van der Waals surface area contributed by atoms with Gasteiger partial charge in [-0.2, -0.15) is 0 Å². The lowest BCUT2D eigenvalue weighted by atomic mass is 10.1. The molecule has 0 saturated heterocycles. The Balaban J connectivity index is 1.75. The number of carbonyl (C=O) groups is 2. The SMILES string of the molecule is COC(=O)c1ccc(CNC(=O)CN[C@H](C)c2ccco2)cc1. The number of methoxy groups -OCH3 is 1. The first-order valence-corrected chi connectivity index (χ1v) is 7.31. The quantitative estimate of drug-likeness (QED) is 0.764. The summed E-state index contributed by atoms with van der Waals surface area (Å²) in [4.78, 5) is 23.2. The number of esters is 1. The molecule has 6 heteroatoms. The van der Waals surface area contributed by atoms with Crippen LogP contribution in [0.2, 0.25) is 0 Å². The topological polar surface area (TPSA) is 80.6 Å². The van der Waals surface area contributed by atoms with Crippen molar-refractivity contribution in [3.63, 3.8) is 0 Å². The molecule has 1 aromatic carbocycles. The summed E-state index contributed by atoms with van der Waals surface area (Å²) in [6.45, 7) is 2.52. The summed E-state index contributed by atoms with van der Waals surface area (Å²) in [5, 5.41) is 5.90. The van der Waals surface area contributed by atoms with Crippen molar-refractivity contribution in [3.8, 4) is 0 Å². The Labute approximate surface area is 134 Å². The second-order valence-corrected chi connectivity index (χ2v) is 5.08. The van der Waals surface area contributed by atoms with E-state index in [2.05, 4.69) is 15.4 Å². The van der Waals surface area contributed by atoms with E-state index >= 15 is 0 Å². The number of furan rings is 1. The van der Waals surface area contributed by atoms with Crippen LogP contribution in [-0.4, -0.2) is 25.5 Å². The van der Waals surface area contributed by atoms with Crippen LogP contribution in [0.3, 0.4) is 0 Å². The molecule has 122 valence electrons. The maximum Gasteiger partial charge on any atom is 0.337 e. The van der Waals surface area contributed by atoms with E-state index < -0.39 is 0 Å². The van der Waals surface area contributed by atoms with E-state index in [1.165, 1.54) is 7.11 Å². The van der Waals surface area contributed by atoms with E-state index in [0.717, 1.165) is 11.3 Å². The number of hydrogen-bond acceptors (Lipinski definition) is 5. The monoisotopic (exact) mass is 316 g/mol. The van der Waals surface area contributed by atoms with Gasteiger partial charge in [-0.15, -0.1) is 0 Å². The average Bonchev–Trinajstić information content (AvgIpc) is 3.12. The Kier molecular flexibility index (Phi) is 5.94. The highest BCUT2D eigenvalue weighted by Crippen LogP contribution is 2.11. The zero-order valence-electron chi connectivity index (χ0n) is 13.2. The standard InChI is InChI=1S/C17H20N2O4/c1-12(15-4-3-9-23-15)18-11-16(20)19-10-13-5-7-14(8-6-13)17(21)22-2/h3-9,12,18H,10-11H2,1-2H3,(H,19,20)/t12-/m1/s1. The van der Waals surface area contributed by atoms with Gasteiger partial charge >= 0.3 is 5.97 Å². The van der Waals surface area contributed by atoms with Crippen molar-refractivity contribution in [2.24, 2.45) is 0 Å². The lowest BCUT2D eigenvalue weighted by Crippen LogP contribution is -2.34. The fourth-order valence-corrected chi connectivity index (χ4v) is 2.02. The number of carbonyl (C=O) groups excluding carboxylic acids is 2. The first-order chi connectivity index (χ1) is 11.1. The Hall–Kier alpha value is -2.60. The van der Waals surface area contributed by atoms with Gasteiger partial charge in [0.1, 0.15) is 5.76 Å². The van der Waals surface area contributed by atoms with Crippen molar-refractivity contribution in [1.29, 1.82) is 0 Å². The van der Waals surface area contributed by atoms with Gasteiger partial charge in [0, 0.05) is 6.54 Å². The third-order valence-corrected chi connectivity index (χ3v) is 3.40. The third-order valence-electron chi connectivity index (χ3n) is 3.40. The van der Waals surface area contributed by atoms with Crippen molar-refractivity contribution in [1.82, 2.24) is 10.6 Å². The molecular weight excluding hydrogens is 296 g/mol. The molecule has 0 aliphatic carbocycles. The minimum atomic E-state index is -0.378. The van der Waals surface area contributed by atoms with Crippen LogP contribution in [0.4, 0.5) is 0 Å². The predicted molar refractivity (Wildman–Crippen MR) is 84.8 cm³/mol. The normalized spacial score (nSPS) is 11.7. The second-order valence-electron chi connectivity index (χ2n) is 5.08. The summed E-state index contributed by atoms with van der Waals surface area (Å²) in [6.07, 6.45) is 1.60. The number of benzene rings is 1. The van der Waals surface area contributed by atoms with Gasteiger partial charge in [0.25, 0.3) is 0 Å². The Morgan fingerprint density at radius 3 is 2.57 bits per heavy atom. The molecule has 0 fully saturated rings. The highest BCUT2D eigenvalue weighted by atomic mass is 16.5. The molecule has 0 aliphatic heterocycles. The van der Waals surface area contributed by atoms with E-state index in [1.54, 1.807) is 30.5 Å². The molecule has 0 saturated carbocycles. The molecule has 2 N–H and O–H groups in total. The van der Waals surface area contributed by atoms with E-state index in [-0.39, 0.29) is 24.5 Å². The number of rotatable bonds is 7. The summed E-state index contributed by atoms with van der Waals surface area (Å²) in [7, 11) is 1.34. The molecular formula is C17H20N2O4. The lowest BCUT2D eigenvalue weighted by Gasteiger charge is -2.11. The fourth-order valence-electron chi connectivity index (χ4n) is 2.02. The molecule has 0 aliphatic rings. The lowest BCUT2D eigenvalue weighted by molar-refractivity contribution is -0.120. The van der Waals surface area contributed by atoms with Gasteiger partial charge in [0.15, 0.2) is 0 Å². The van der Waals surface area contributed by atoms with Gasteiger partial charge in [-0.05, 0) is 36.8 Å². The minimum Gasteiger partial charge on any atom is -0.468 e. The van der Waals surface area contributed by atoms with Crippen LogP contribution >= 0.6 is 0 Å². The predicted octanol–water partition coefficient (Wildman–Crippen LogP) is 2.03. The molecule has 1 atom stereocenters. The molecule has 2 aromatic rings. The smallest absolute Gasteiger partial charge is 0.337 e. The molecule has 0 spiro atoms. The molecule has 0 unspecified atom stereocenters. The van der Waals surface area contributed by atoms with E-state index in [0.29, 0.717) is 12.1 Å². The van der Waals surface area contributed by atoms with Crippen molar-refractivity contribution in [2.75, 3.05) is 13.7 Å². The van der Waals surface area contributed by atoms with Gasteiger partial charge in [-0.25, -0.2) is 4.79 Å². The van der Waals surface area contributed by atoms with Crippen LogP contribution in [0.5, 0.6) is 0 Å². The van der Waals surface area contributed by atoms with Gasteiger partial charge in [0.2, 0.25) is 5.91 Å². The Bertz CT molecular complexity index is 635. The molecule has 0 radical (unpaired) electrons. The zero-order chi connectivity index (χ0) is 16.7. The molecule has 0 bridgehead atoms. The van der Waals surface area contributed by atoms with Gasteiger partial charge in [-0.3, -0.25) is 10.1 Å². The summed E-state index contributed by atoms with van der Waals surface area (Å²) < 4.78 is 9.90. The largest absolute Gasteiger partial charge is 0.468 e. The summed E-state index contributed by atoms with van der Waals surface area (Å²) in [5.74, 6) is 0.299. The van der Waals surface area contributed by atoms with Gasteiger partial charge in [-0.1, -0.05) is 12.1 Å². The van der Waals surface area contributed by atoms with E-state index in [4.69, 9.17) is 4.42 Å². The highest BCUT2D eigenvalue weighted by Gasteiger charge is 2.10. The van der Waals surface area contributed by atoms with Crippen LogP contribution in [0.1, 0.15) is 34.6 Å². The zero-order valence-corrected chi connectivity index (χ0v) is 13.2. The number of hydrogen-bond donors (Lipinski definition) is 2. The molecule has 6 nitrogen and oxygen atoms in total. The fraction of sp³-hybridized carbons (Fsp3) is 0.294. The van der Waals surface area contributed by atoms with Crippen LogP contribution < -0.4 is 10.6 Å². The third kappa shape index (κ3) is 4.96. The maximum atomic E-state index is 11.8. The van der Waals surface area contributed by atoms with Crippen molar-refractivity contribution in [3.05, 3.63) is 59.5 Å². The van der Waals surface area contributed by atoms with Crippen LogP contribution in [0.25, 0.3) is 0 Å². The van der Waals surface area contributed by atoms with E-state index in [1.807, 2.05) is 19.1 Å². The maximum absolute atomic E-state index is 11.8. The van der Waals surface area contributed by atoms with Crippen LogP contribution in [0, 0.1) is 0 Å². The summed E-state index contributed by atoms with van der Waals surface area (Å²) in [5.41, 5.74) is 1.39.